The minimum Gasteiger partial charge on any atom is -0.377 e. The predicted octanol–water partition coefficient (Wildman–Crippen LogP) is -0.581. The van der Waals surface area contributed by atoms with Crippen LogP contribution in [0.4, 0.5) is 11.4 Å². The van der Waals surface area contributed by atoms with Crippen LogP contribution in [0.25, 0.3) is 0 Å². The molecule has 3 N–H and O–H groups in total. The first-order valence-corrected chi connectivity index (χ1v) is 8.30. The van der Waals surface area contributed by atoms with Crippen LogP contribution in [0.3, 0.4) is 0 Å². The van der Waals surface area contributed by atoms with Crippen LogP contribution in [0.5, 0.6) is 0 Å². The molecular weight excluding hydrogens is 312 g/mol. The number of hydrogen-bond donors (Lipinski definition) is 2. The molecule has 2 saturated heterocycles. The molecule has 120 valence electrons. The van der Waals surface area contributed by atoms with Gasteiger partial charge in [0.15, 0.2) is 0 Å². The standard InChI is InChI=1S/C12H16N4O5S/c13-22(19,20)10-1-2-11(12(3-10)16(17)18)15(8-4-14-5-8)9-6-21-7-9/h1-3,8-9,14H,4-7H2,(H2,13,19,20). The summed E-state index contributed by atoms with van der Waals surface area (Å²) in [5.41, 5.74) is 0.141. The maximum Gasteiger partial charge on any atom is 0.293 e. The zero-order valence-electron chi connectivity index (χ0n) is 11.6. The van der Waals surface area contributed by atoms with Crippen LogP contribution in [0.2, 0.25) is 0 Å². The molecule has 0 unspecified atom stereocenters. The summed E-state index contributed by atoms with van der Waals surface area (Å²) in [6.07, 6.45) is 0. The van der Waals surface area contributed by atoms with E-state index in [-0.39, 0.29) is 22.7 Å². The van der Waals surface area contributed by atoms with Gasteiger partial charge in [-0.05, 0) is 12.1 Å². The van der Waals surface area contributed by atoms with E-state index < -0.39 is 14.9 Å². The van der Waals surface area contributed by atoms with Gasteiger partial charge < -0.3 is 15.0 Å². The quantitative estimate of drug-likeness (QED) is 0.546. The molecule has 1 aromatic carbocycles. The van der Waals surface area contributed by atoms with E-state index in [9.17, 15) is 18.5 Å². The molecule has 0 aromatic heterocycles. The number of rotatable bonds is 5. The Bertz CT molecular complexity index is 685. The van der Waals surface area contributed by atoms with Crippen molar-refractivity contribution in [2.45, 2.75) is 17.0 Å². The predicted molar refractivity (Wildman–Crippen MR) is 78.2 cm³/mol. The van der Waals surface area contributed by atoms with Crippen LogP contribution >= 0.6 is 0 Å². The molecular formula is C12H16N4O5S. The van der Waals surface area contributed by atoms with Crippen molar-refractivity contribution in [3.05, 3.63) is 28.3 Å². The third-order valence-electron chi connectivity index (χ3n) is 3.92. The van der Waals surface area contributed by atoms with Crippen molar-refractivity contribution in [3.8, 4) is 0 Å². The van der Waals surface area contributed by atoms with Crippen molar-refractivity contribution in [2.75, 3.05) is 31.2 Å². The van der Waals surface area contributed by atoms with E-state index in [2.05, 4.69) is 5.32 Å². The SMILES string of the molecule is NS(=O)(=O)c1ccc(N(C2CNC2)C2COC2)c([N+](=O)[O-])c1. The molecule has 0 saturated carbocycles. The maximum absolute atomic E-state index is 11.4. The second-order valence-corrected chi connectivity index (χ2v) is 6.92. The second kappa shape index (κ2) is 5.47. The number of nitrogens with zero attached hydrogens (tertiary/aromatic N) is 2. The number of ether oxygens (including phenoxy) is 1. The van der Waals surface area contributed by atoms with Gasteiger partial charge in [0.25, 0.3) is 5.69 Å². The van der Waals surface area contributed by atoms with Gasteiger partial charge in [0.1, 0.15) is 5.69 Å². The third kappa shape index (κ3) is 2.65. The van der Waals surface area contributed by atoms with E-state index in [1.807, 2.05) is 4.90 Å². The molecule has 2 heterocycles. The van der Waals surface area contributed by atoms with Crippen LogP contribution in [-0.2, 0) is 14.8 Å². The van der Waals surface area contributed by atoms with Gasteiger partial charge in [-0.25, -0.2) is 13.6 Å². The van der Waals surface area contributed by atoms with Gasteiger partial charge in [-0.1, -0.05) is 0 Å². The summed E-state index contributed by atoms with van der Waals surface area (Å²) in [4.78, 5) is 12.5. The van der Waals surface area contributed by atoms with Gasteiger partial charge in [-0.3, -0.25) is 10.1 Å². The molecule has 2 fully saturated rings. The van der Waals surface area contributed by atoms with Gasteiger partial charge in [0.2, 0.25) is 10.0 Å². The van der Waals surface area contributed by atoms with Crippen LogP contribution in [0.1, 0.15) is 0 Å². The number of nitrogens with two attached hydrogens (primary N) is 1. The van der Waals surface area contributed by atoms with E-state index in [1.165, 1.54) is 12.1 Å². The summed E-state index contributed by atoms with van der Waals surface area (Å²) in [6.45, 7) is 2.46. The molecule has 3 rings (SSSR count). The summed E-state index contributed by atoms with van der Waals surface area (Å²) >= 11 is 0. The highest BCUT2D eigenvalue weighted by molar-refractivity contribution is 7.89. The number of sulfonamides is 1. The molecule has 2 aliphatic rings. The summed E-state index contributed by atoms with van der Waals surface area (Å²) in [6, 6.07) is 3.97. The van der Waals surface area contributed by atoms with Gasteiger partial charge in [-0.2, -0.15) is 0 Å². The average molecular weight is 328 g/mol. The Morgan fingerprint density at radius 1 is 1.32 bits per heavy atom. The lowest BCUT2D eigenvalue weighted by Crippen LogP contribution is -2.64. The zero-order chi connectivity index (χ0) is 15.9. The lowest BCUT2D eigenvalue weighted by molar-refractivity contribution is -0.384. The van der Waals surface area contributed by atoms with Crippen molar-refractivity contribution in [1.29, 1.82) is 0 Å². The number of anilines is 1. The molecule has 0 amide bonds. The topological polar surface area (TPSA) is 128 Å². The monoisotopic (exact) mass is 328 g/mol. The van der Waals surface area contributed by atoms with Gasteiger partial charge >= 0.3 is 0 Å². The number of nitro benzene ring substituents is 1. The highest BCUT2D eigenvalue weighted by atomic mass is 32.2. The number of benzene rings is 1. The minimum absolute atomic E-state index is 0.0612. The molecule has 0 aliphatic carbocycles. The molecule has 0 radical (unpaired) electrons. The third-order valence-corrected chi connectivity index (χ3v) is 4.83. The fourth-order valence-corrected chi connectivity index (χ4v) is 3.12. The highest BCUT2D eigenvalue weighted by Crippen LogP contribution is 2.35. The van der Waals surface area contributed by atoms with Gasteiger partial charge in [-0.15, -0.1) is 0 Å². The lowest BCUT2D eigenvalue weighted by Gasteiger charge is -2.47. The van der Waals surface area contributed by atoms with E-state index >= 15 is 0 Å². The fourth-order valence-electron chi connectivity index (χ4n) is 2.59. The summed E-state index contributed by atoms with van der Waals surface area (Å²) in [5.74, 6) is 0. The smallest absolute Gasteiger partial charge is 0.293 e. The normalized spacial score (nSPS) is 19.3. The first kappa shape index (κ1) is 15.2. The van der Waals surface area contributed by atoms with Crippen molar-refractivity contribution >= 4 is 21.4 Å². The summed E-state index contributed by atoms with van der Waals surface area (Å²) in [7, 11) is -3.98. The van der Waals surface area contributed by atoms with E-state index in [0.29, 0.717) is 18.9 Å². The number of hydrogen-bond acceptors (Lipinski definition) is 7. The Morgan fingerprint density at radius 2 is 2.00 bits per heavy atom. The number of nitrogens with one attached hydrogen (secondary N) is 1. The molecule has 0 spiro atoms. The van der Waals surface area contributed by atoms with E-state index in [0.717, 1.165) is 19.2 Å². The second-order valence-electron chi connectivity index (χ2n) is 5.36. The van der Waals surface area contributed by atoms with Crippen molar-refractivity contribution in [2.24, 2.45) is 5.14 Å². The number of nitro groups is 1. The summed E-state index contributed by atoms with van der Waals surface area (Å²) in [5, 5.41) is 19.5. The van der Waals surface area contributed by atoms with Crippen LogP contribution in [-0.4, -0.2) is 51.7 Å². The van der Waals surface area contributed by atoms with Crippen LogP contribution < -0.4 is 15.4 Å². The number of primary sulfonamides is 1. The molecule has 1 aromatic rings. The minimum atomic E-state index is -3.98. The van der Waals surface area contributed by atoms with Crippen molar-refractivity contribution in [1.82, 2.24) is 5.32 Å². The molecule has 0 bridgehead atoms. The first-order chi connectivity index (χ1) is 10.4. The molecule has 22 heavy (non-hydrogen) atoms. The maximum atomic E-state index is 11.4. The molecule has 9 nitrogen and oxygen atoms in total. The van der Waals surface area contributed by atoms with E-state index in [1.54, 1.807) is 0 Å². The lowest BCUT2D eigenvalue weighted by atomic mass is 10.0. The molecule has 2 aliphatic heterocycles. The Kier molecular flexibility index (Phi) is 3.77. The van der Waals surface area contributed by atoms with Gasteiger partial charge in [0.05, 0.1) is 35.1 Å². The van der Waals surface area contributed by atoms with E-state index in [4.69, 9.17) is 9.88 Å². The Hall–Kier alpha value is -1.75. The van der Waals surface area contributed by atoms with Crippen molar-refractivity contribution < 1.29 is 18.1 Å². The van der Waals surface area contributed by atoms with Crippen LogP contribution in [0, 0.1) is 10.1 Å². The Morgan fingerprint density at radius 3 is 2.41 bits per heavy atom. The average Bonchev–Trinajstić information content (AvgIpc) is 2.31. The van der Waals surface area contributed by atoms with Crippen LogP contribution in [0.15, 0.2) is 23.1 Å². The summed E-state index contributed by atoms with van der Waals surface area (Å²) < 4.78 is 28.0. The fraction of sp³-hybridized carbons (Fsp3) is 0.500. The Balaban J connectivity index is 2.05. The zero-order valence-corrected chi connectivity index (χ0v) is 12.5. The Labute approximate surface area is 127 Å². The van der Waals surface area contributed by atoms with Crippen molar-refractivity contribution in [3.63, 3.8) is 0 Å². The van der Waals surface area contributed by atoms with Gasteiger partial charge in [0, 0.05) is 19.2 Å². The molecule has 0 atom stereocenters. The highest BCUT2D eigenvalue weighted by Gasteiger charge is 2.38. The largest absolute Gasteiger partial charge is 0.377 e. The molecule has 10 heteroatoms. The first-order valence-electron chi connectivity index (χ1n) is 6.76.